The zero-order chi connectivity index (χ0) is 26.8. The highest BCUT2D eigenvalue weighted by Gasteiger charge is 2.32. The Hall–Kier alpha value is -3.65. The van der Waals surface area contributed by atoms with E-state index in [0.29, 0.717) is 43.0 Å². The fourth-order valence-corrected chi connectivity index (χ4v) is 5.76. The van der Waals surface area contributed by atoms with Crippen molar-refractivity contribution in [2.45, 2.75) is 19.6 Å². The molecule has 0 saturated heterocycles. The maximum absolute atomic E-state index is 13.6. The summed E-state index contributed by atoms with van der Waals surface area (Å²) in [6.45, 7) is 2.06. The van der Waals surface area contributed by atoms with Crippen molar-refractivity contribution in [2.75, 3.05) is 7.11 Å². The lowest BCUT2D eigenvalue weighted by molar-refractivity contribution is -0.136. The van der Waals surface area contributed by atoms with Gasteiger partial charge in [-0.25, -0.2) is 9.79 Å². The van der Waals surface area contributed by atoms with Crippen molar-refractivity contribution in [1.82, 2.24) is 4.57 Å². The number of rotatable bonds is 6. The summed E-state index contributed by atoms with van der Waals surface area (Å²) < 4.78 is 13.0. The second-order valence-electron chi connectivity index (χ2n) is 8.58. The van der Waals surface area contributed by atoms with Gasteiger partial charge in [0.05, 0.1) is 29.0 Å². The maximum Gasteiger partial charge on any atom is 0.338 e. The normalized spacial score (nSPS) is 15.2. The molecular weight excluding hydrogens is 543 g/mol. The molecule has 0 spiro atoms. The van der Waals surface area contributed by atoms with Crippen LogP contribution in [0.1, 0.15) is 29.7 Å². The predicted octanol–water partition coefficient (Wildman–Crippen LogP) is 5.29. The topological polar surface area (TPSA) is 69.9 Å². The van der Waals surface area contributed by atoms with Crippen LogP contribution in [0.25, 0.3) is 6.08 Å². The van der Waals surface area contributed by atoms with Gasteiger partial charge in [0.1, 0.15) is 12.4 Å². The van der Waals surface area contributed by atoms with Gasteiger partial charge in [0.2, 0.25) is 0 Å². The van der Waals surface area contributed by atoms with Gasteiger partial charge in [-0.1, -0.05) is 83.1 Å². The Morgan fingerprint density at radius 1 is 1.08 bits per heavy atom. The second-order valence-corrected chi connectivity index (χ2v) is 10.4. The number of aromatic nitrogens is 1. The van der Waals surface area contributed by atoms with E-state index in [1.807, 2.05) is 66.7 Å². The van der Waals surface area contributed by atoms with E-state index in [0.717, 1.165) is 16.7 Å². The van der Waals surface area contributed by atoms with Gasteiger partial charge in [-0.05, 0) is 48.4 Å². The van der Waals surface area contributed by atoms with Crippen molar-refractivity contribution >= 4 is 46.6 Å². The number of carbonyl (C=O) groups is 1. The molecule has 0 radical (unpaired) electrons. The van der Waals surface area contributed by atoms with Gasteiger partial charge in [0.15, 0.2) is 4.80 Å². The van der Waals surface area contributed by atoms with Crippen molar-refractivity contribution < 1.29 is 14.3 Å². The van der Waals surface area contributed by atoms with E-state index in [1.54, 1.807) is 23.6 Å². The van der Waals surface area contributed by atoms with Crippen LogP contribution >= 0.6 is 34.5 Å². The lowest BCUT2D eigenvalue weighted by Gasteiger charge is -2.24. The molecule has 1 aliphatic heterocycles. The highest BCUT2D eigenvalue weighted by molar-refractivity contribution is 7.07. The zero-order valence-electron chi connectivity index (χ0n) is 20.5. The van der Waals surface area contributed by atoms with E-state index >= 15 is 0 Å². The third-order valence-electron chi connectivity index (χ3n) is 6.13. The number of hydrogen-bond donors (Lipinski definition) is 0. The van der Waals surface area contributed by atoms with Crippen molar-refractivity contribution in [2.24, 2.45) is 4.99 Å². The molecule has 4 aromatic rings. The maximum atomic E-state index is 13.6. The van der Waals surface area contributed by atoms with E-state index < -0.39 is 12.0 Å². The number of fused-ring (bicyclic) bond motifs is 1. The van der Waals surface area contributed by atoms with E-state index in [1.165, 1.54) is 18.4 Å². The van der Waals surface area contributed by atoms with Crippen LogP contribution < -0.4 is 19.6 Å². The summed E-state index contributed by atoms with van der Waals surface area (Å²) in [5, 5.41) is 1.11. The zero-order valence-corrected chi connectivity index (χ0v) is 22.8. The molecular formula is C29H22Cl2N2O4S. The Bertz CT molecular complexity index is 1730. The van der Waals surface area contributed by atoms with Crippen LogP contribution in [-0.4, -0.2) is 17.6 Å². The summed E-state index contributed by atoms with van der Waals surface area (Å²) in [7, 11) is 1.33. The molecule has 38 heavy (non-hydrogen) atoms. The minimum atomic E-state index is -0.627. The first kappa shape index (κ1) is 26.0. The molecule has 1 aromatic heterocycles. The molecule has 192 valence electrons. The van der Waals surface area contributed by atoms with Crippen LogP contribution in [0.2, 0.25) is 10.0 Å². The SMILES string of the molecule is COC(=O)C1=C(C)N=c2sc(=Cc3ccc(OCc4ccc(Cl)cc4Cl)cc3)c(=O)n2C1c1ccccc1. The molecule has 0 saturated carbocycles. The predicted molar refractivity (Wildman–Crippen MR) is 149 cm³/mol. The fourth-order valence-electron chi connectivity index (χ4n) is 4.25. The quantitative estimate of drug-likeness (QED) is 0.298. The number of allylic oxidation sites excluding steroid dienone is 1. The summed E-state index contributed by atoms with van der Waals surface area (Å²) in [6.07, 6.45) is 1.81. The monoisotopic (exact) mass is 564 g/mol. The third kappa shape index (κ3) is 5.18. The Kier molecular flexibility index (Phi) is 7.51. The number of halogens is 2. The van der Waals surface area contributed by atoms with Gasteiger partial charge in [-0.2, -0.15) is 0 Å². The minimum Gasteiger partial charge on any atom is -0.489 e. The van der Waals surface area contributed by atoms with Crippen LogP contribution in [0.4, 0.5) is 0 Å². The molecule has 0 bridgehead atoms. The smallest absolute Gasteiger partial charge is 0.338 e. The van der Waals surface area contributed by atoms with Gasteiger partial charge in [0.25, 0.3) is 5.56 Å². The van der Waals surface area contributed by atoms with Gasteiger partial charge < -0.3 is 9.47 Å². The third-order valence-corrected chi connectivity index (χ3v) is 7.70. The van der Waals surface area contributed by atoms with Crippen LogP contribution in [-0.2, 0) is 16.1 Å². The molecule has 6 nitrogen and oxygen atoms in total. The van der Waals surface area contributed by atoms with Crippen LogP contribution in [0.5, 0.6) is 5.75 Å². The van der Waals surface area contributed by atoms with Gasteiger partial charge in [0, 0.05) is 15.6 Å². The highest BCUT2D eigenvalue weighted by Crippen LogP contribution is 2.30. The molecule has 0 fully saturated rings. The van der Waals surface area contributed by atoms with Crippen molar-refractivity contribution in [3.05, 3.63) is 130 Å². The summed E-state index contributed by atoms with van der Waals surface area (Å²) >= 11 is 13.5. The second kappa shape index (κ2) is 11.0. The van der Waals surface area contributed by atoms with E-state index in [-0.39, 0.29) is 5.56 Å². The van der Waals surface area contributed by atoms with Crippen LogP contribution in [0, 0.1) is 0 Å². The summed E-state index contributed by atoms with van der Waals surface area (Å²) in [5.41, 5.74) is 3.11. The van der Waals surface area contributed by atoms with Crippen molar-refractivity contribution in [3.63, 3.8) is 0 Å². The minimum absolute atomic E-state index is 0.228. The number of benzene rings is 3. The Morgan fingerprint density at radius 3 is 2.50 bits per heavy atom. The van der Waals surface area contributed by atoms with Gasteiger partial charge >= 0.3 is 5.97 Å². The average Bonchev–Trinajstić information content (AvgIpc) is 3.22. The van der Waals surface area contributed by atoms with E-state index in [9.17, 15) is 9.59 Å². The molecule has 9 heteroatoms. The molecule has 0 aliphatic carbocycles. The molecule has 5 rings (SSSR count). The molecule has 3 aromatic carbocycles. The summed E-state index contributed by atoms with van der Waals surface area (Å²) in [5.74, 6) is 0.155. The lowest BCUT2D eigenvalue weighted by atomic mass is 9.96. The molecule has 2 heterocycles. The molecule has 1 aliphatic rings. The number of thiazole rings is 1. The number of nitrogens with zero attached hydrogens (tertiary/aromatic N) is 2. The average molecular weight is 565 g/mol. The summed E-state index contributed by atoms with van der Waals surface area (Å²) in [6, 6.07) is 21.5. The van der Waals surface area contributed by atoms with Crippen molar-refractivity contribution in [1.29, 1.82) is 0 Å². The van der Waals surface area contributed by atoms with Crippen LogP contribution in [0.15, 0.2) is 93.9 Å². The number of carbonyl (C=O) groups excluding carboxylic acids is 1. The highest BCUT2D eigenvalue weighted by atomic mass is 35.5. The van der Waals surface area contributed by atoms with Gasteiger partial charge in [-0.3, -0.25) is 9.36 Å². The lowest BCUT2D eigenvalue weighted by Crippen LogP contribution is -2.39. The molecule has 1 atom stereocenters. The van der Waals surface area contributed by atoms with Gasteiger partial charge in [-0.15, -0.1) is 0 Å². The number of hydrogen-bond acceptors (Lipinski definition) is 6. The first-order valence-corrected chi connectivity index (χ1v) is 13.3. The largest absolute Gasteiger partial charge is 0.489 e. The summed E-state index contributed by atoms with van der Waals surface area (Å²) in [4.78, 5) is 31.4. The van der Waals surface area contributed by atoms with E-state index in [4.69, 9.17) is 32.7 Å². The Morgan fingerprint density at radius 2 is 1.82 bits per heavy atom. The van der Waals surface area contributed by atoms with E-state index in [2.05, 4.69) is 4.99 Å². The molecule has 0 N–H and O–H groups in total. The Labute approximate surface area is 232 Å². The molecule has 0 amide bonds. The Balaban J connectivity index is 1.47. The number of methoxy groups -OCH3 is 1. The first-order chi connectivity index (χ1) is 18.4. The fraction of sp³-hybridized carbons (Fsp3) is 0.138. The van der Waals surface area contributed by atoms with Crippen molar-refractivity contribution in [3.8, 4) is 5.75 Å². The first-order valence-electron chi connectivity index (χ1n) is 11.7. The number of ether oxygens (including phenoxy) is 2. The van der Waals surface area contributed by atoms with Crippen LogP contribution in [0.3, 0.4) is 0 Å². The number of esters is 1. The molecule has 1 unspecified atom stereocenters. The standard InChI is InChI=1S/C29H22Cl2N2O4S/c1-17-25(28(35)36-2)26(19-6-4-3-5-7-19)33-27(34)24(38-29(33)32-17)14-18-8-12-22(13-9-18)37-16-20-10-11-21(30)15-23(20)31/h3-15,26H,16H2,1-2H3.